The maximum atomic E-state index is 12.6. The number of nitrogens with one attached hydrogen (secondary N) is 1. The van der Waals surface area contributed by atoms with E-state index < -0.39 is 0 Å². The predicted octanol–water partition coefficient (Wildman–Crippen LogP) is 3.07. The summed E-state index contributed by atoms with van der Waals surface area (Å²) < 4.78 is 0. The van der Waals surface area contributed by atoms with Crippen LogP contribution in [0, 0.1) is 5.41 Å². The predicted molar refractivity (Wildman–Crippen MR) is 113 cm³/mol. The van der Waals surface area contributed by atoms with Crippen molar-refractivity contribution in [3.8, 4) is 11.4 Å². The number of carbonyl (C=O) groups is 2. The van der Waals surface area contributed by atoms with Crippen molar-refractivity contribution in [2.75, 3.05) is 13.1 Å². The summed E-state index contributed by atoms with van der Waals surface area (Å²) in [5.74, 6) is 0.920. The van der Waals surface area contributed by atoms with Gasteiger partial charge in [-0.05, 0) is 43.2 Å². The van der Waals surface area contributed by atoms with Gasteiger partial charge >= 0.3 is 0 Å². The van der Waals surface area contributed by atoms with Gasteiger partial charge in [0.1, 0.15) is 0 Å². The molecule has 2 aliphatic rings. The Morgan fingerprint density at radius 1 is 1.30 bits per heavy atom. The molecule has 0 bridgehead atoms. The fourth-order valence-corrected chi connectivity index (χ4v) is 4.45. The van der Waals surface area contributed by atoms with Crippen molar-refractivity contribution >= 4 is 11.8 Å². The lowest BCUT2D eigenvalue weighted by atomic mass is 9.74. The normalized spacial score (nSPS) is 20.1. The van der Waals surface area contributed by atoms with Gasteiger partial charge in [0.15, 0.2) is 5.82 Å². The monoisotopic (exact) mass is 407 g/mol. The van der Waals surface area contributed by atoms with Crippen LogP contribution < -0.4 is 5.32 Å². The first-order chi connectivity index (χ1) is 14.4. The number of rotatable bonds is 6. The number of aromatic nitrogens is 3. The molecule has 0 spiro atoms. The van der Waals surface area contributed by atoms with Gasteiger partial charge in [0, 0.05) is 55.6 Å². The van der Waals surface area contributed by atoms with Crippen LogP contribution in [-0.4, -0.2) is 44.8 Å². The van der Waals surface area contributed by atoms with Gasteiger partial charge in [-0.25, -0.2) is 9.97 Å². The highest BCUT2D eigenvalue weighted by molar-refractivity contribution is 5.78. The molecule has 30 heavy (non-hydrogen) atoms. The molecule has 0 radical (unpaired) electrons. The highest BCUT2D eigenvalue weighted by atomic mass is 16.2. The summed E-state index contributed by atoms with van der Waals surface area (Å²) in [6.45, 7) is 5.91. The van der Waals surface area contributed by atoms with Crippen LogP contribution in [0.5, 0.6) is 0 Å². The molecule has 7 heteroatoms. The van der Waals surface area contributed by atoms with Crippen molar-refractivity contribution < 1.29 is 9.59 Å². The van der Waals surface area contributed by atoms with E-state index in [9.17, 15) is 9.59 Å². The molecular formula is C23H29N5O2. The van der Waals surface area contributed by atoms with Crippen LogP contribution in [0.1, 0.15) is 63.3 Å². The Hall–Kier alpha value is -2.83. The third-order valence-corrected chi connectivity index (χ3v) is 5.96. The second-order valence-electron chi connectivity index (χ2n) is 9.08. The zero-order valence-electron chi connectivity index (χ0n) is 17.7. The zero-order valence-corrected chi connectivity index (χ0v) is 17.7. The standard InChI is InChI=1S/C23H29N5O2/c1-23(2)13-18(26-20(29)5-3-11-28-12-4-6-21(28)30)17-15-25-22(27-19(17)14-23)16-7-9-24-10-8-16/h7-10,15,18H,3-6,11-14H2,1-2H3,(H,26,29). The summed E-state index contributed by atoms with van der Waals surface area (Å²) in [5.41, 5.74) is 2.99. The summed E-state index contributed by atoms with van der Waals surface area (Å²) in [6, 6.07) is 3.72. The molecule has 1 unspecified atom stereocenters. The maximum absolute atomic E-state index is 12.6. The molecule has 7 nitrogen and oxygen atoms in total. The molecule has 1 aliphatic carbocycles. The Kier molecular flexibility index (Phi) is 5.79. The van der Waals surface area contributed by atoms with Crippen molar-refractivity contribution in [3.05, 3.63) is 42.0 Å². The van der Waals surface area contributed by atoms with Crippen molar-refractivity contribution in [1.82, 2.24) is 25.2 Å². The van der Waals surface area contributed by atoms with E-state index in [1.807, 2.05) is 23.2 Å². The summed E-state index contributed by atoms with van der Waals surface area (Å²) in [7, 11) is 0. The molecule has 0 saturated carbocycles. The van der Waals surface area contributed by atoms with Crippen molar-refractivity contribution in [3.63, 3.8) is 0 Å². The molecule has 2 amide bonds. The highest BCUT2D eigenvalue weighted by Gasteiger charge is 2.34. The van der Waals surface area contributed by atoms with Crippen LogP contribution >= 0.6 is 0 Å². The van der Waals surface area contributed by atoms with E-state index in [4.69, 9.17) is 4.98 Å². The van der Waals surface area contributed by atoms with Crippen molar-refractivity contribution in [2.45, 2.75) is 58.4 Å². The third-order valence-electron chi connectivity index (χ3n) is 5.96. The van der Waals surface area contributed by atoms with E-state index in [-0.39, 0.29) is 23.3 Å². The number of pyridine rings is 1. The van der Waals surface area contributed by atoms with E-state index in [2.05, 4.69) is 29.1 Å². The molecule has 1 fully saturated rings. The van der Waals surface area contributed by atoms with E-state index in [1.54, 1.807) is 12.4 Å². The molecular weight excluding hydrogens is 378 g/mol. The Balaban J connectivity index is 1.43. The van der Waals surface area contributed by atoms with Gasteiger partial charge in [0.05, 0.1) is 11.7 Å². The van der Waals surface area contributed by atoms with Crippen LogP contribution in [0.25, 0.3) is 11.4 Å². The number of amides is 2. The molecule has 1 atom stereocenters. The minimum absolute atomic E-state index is 0.0218. The van der Waals surface area contributed by atoms with E-state index >= 15 is 0 Å². The first-order valence-corrected chi connectivity index (χ1v) is 10.7. The minimum Gasteiger partial charge on any atom is -0.349 e. The van der Waals surface area contributed by atoms with Gasteiger partial charge in [0.2, 0.25) is 11.8 Å². The molecule has 4 rings (SSSR count). The van der Waals surface area contributed by atoms with Gasteiger partial charge < -0.3 is 10.2 Å². The Bertz CT molecular complexity index is 928. The van der Waals surface area contributed by atoms with Gasteiger partial charge in [-0.1, -0.05) is 13.8 Å². The fourth-order valence-electron chi connectivity index (χ4n) is 4.45. The molecule has 3 heterocycles. The summed E-state index contributed by atoms with van der Waals surface area (Å²) in [5, 5.41) is 3.19. The second-order valence-corrected chi connectivity index (χ2v) is 9.08. The molecule has 0 aromatic carbocycles. The van der Waals surface area contributed by atoms with Crippen LogP contribution in [0.4, 0.5) is 0 Å². The summed E-state index contributed by atoms with van der Waals surface area (Å²) in [6.07, 6.45) is 9.73. The summed E-state index contributed by atoms with van der Waals surface area (Å²) >= 11 is 0. The number of carbonyl (C=O) groups excluding carboxylic acids is 2. The molecule has 158 valence electrons. The lowest BCUT2D eigenvalue weighted by Crippen LogP contribution is -2.37. The topological polar surface area (TPSA) is 88.1 Å². The smallest absolute Gasteiger partial charge is 0.222 e. The third kappa shape index (κ3) is 4.66. The van der Waals surface area contributed by atoms with Crippen LogP contribution in [0.15, 0.2) is 30.7 Å². The average molecular weight is 408 g/mol. The Labute approximate surface area is 177 Å². The van der Waals surface area contributed by atoms with Crippen LogP contribution in [-0.2, 0) is 16.0 Å². The molecule has 1 aliphatic heterocycles. The van der Waals surface area contributed by atoms with Gasteiger partial charge in [-0.2, -0.15) is 0 Å². The SMILES string of the molecule is CC1(C)Cc2nc(-c3ccncc3)ncc2C(NC(=O)CCCN2CCCC2=O)C1. The Morgan fingerprint density at radius 2 is 2.10 bits per heavy atom. The van der Waals surface area contributed by atoms with Crippen LogP contribution in [0.2, 0.25) is 0 Å². The van der Waals surface area contributed by atoms with Crippen molar-refractivity contribution in [1.29, 1.82) is 0 Å². The largest absolute Gasteiger partial charge is 0.349 e. The van der Waals surface area contributed by atoms with E-state index in [0.29, 0.717) is 31.6 Å². The average Bonchev–Trinajstić information content (AvgIpc) is 3.12. The fraction of sp³-hybridized carbons (Fsp3) is 0.522. The molecule has 1 N–H and O–H groups in total. The maximum Gasteiger partial charge on any atom is 0.222 e. The lowest BCUT2D eigenvalue weighted by Gasteiger charge is -2.36. The highest BCUT2D eigenvalue weighted by Crippen LogP contribution is 2.40. The number of nitrogens with zero attached hydrogens (tertiary/aromatic N) is 4. The van der Waals surface area contributed by atoms with E-state index in [0.717, 1.165) is 42.6 Å². The van der Waals surface area contributed by atoms with Crippen LogP contribution in [0.3, 0.4) is 0 Å². The molecule has 2 aromatic heterocycles. The first-order valence-electron chi connectivity index (χ1n) is 10.7. The first kappa shape index (κ1) is 20.4. The number of hydrogen-bond acceptors (Lipinski definition) is 5. The van der Waals surface area contributed by atoms with Gasteiger partial charge in [0.25, 0.3) is 0 Å². The lowest BCUT2D eigenvalue weighted by molar-refractivity contribution is -0.128. The number of likely N-dealkylation sites (tertiary alicyclic amines) is 1. The second kappa shape index (κ2) is 8.50. The van der Waals surface area contributed by atoms with Gasteiger partial charge in [-0.3, -0.25) is 14.6 Å². The zero-order chi connectivity index (χ0) is 21.1. The molecule has 1 saturated heterocycles. The van der Waals surface area contributed by atoms with E-state index in [1.165, 1.54) is 0 Å². The van der Waals surface area contributed by atoms with Crippen molar-refractivity contribution in [2.24, 2.45) is 5.41 Å². The van der Waals surface area contributed by atoms with Gasteiger partial charge in [-0.15, -0.1) is 0 Å². The minimum atomic E-state index is -0.0869. The Morgan fingerprint density at radius 3 is 2.83 bits per heavy atom. The number of fused-ring (bicyclic) bond motifs is 1. The molecule has 2 aromatic rings. The number of hydrogen-bond donors (Lipinski definition) is 1. The summed E-state index contributed by atoms with van der Waals surface area (Å²) in [4.78, 5) is 39.6. The quantitative estimate of drug-likeness (QED) is 0.795.